The Labute approximate surface area is 143 Å². The highest BCUT2D eigenvalue weighted by Crippen LogP contribution is 2.36. The topological polar surface area (TPSA) is 29.5 Å². The van der Waals surface area contributed by atoms with E-state index in [0.717, 1.165) is 20.1 Å². The molecule has 2 aromatic rings. The summed E-state index contributed by atoms with van der Waals surface area (Å²) < 4.78 is 7.29. The fourth-order valence-corrected chi connectivity index (χ4v) is 3.52. The van der Waals surface area contributed by atoms with Crippen LogP contribution in [0.1, 0.15) is 11.1 Å². The van der Waals surface area contributed by atoms with Crippen LogP contribution >= 0.6 is 55.1 Å². The molecule has 0 saturated heterocycles. The Kier molecular flexibility index (Phi) is 5.75. The number of hydrogen-bond donors (Lipinski definition) is 1. The van der Waals surface area contributed by atoms with Gasteiger partial charge in [0.05, 0.1) is 15.6 Å². The Morgan fingerprint density at radius 2 is 1.70 bits per heavy atom. The Hall–Kier alpha value is -0.260. The highest BCUT2D eigenvalue weighted by atomic mass is 79.9. The van der Waals surface area contributed by atoms with E-state index in [0.29, 0.717) is 22.4 Å². The first-order valence-corrected chi connectivity index (χ1v) is 8.01. The van der Waals surface area contributed by atoms with Crippen molar-refractivity contribution in [2.24, 2.45) is 0 Å². The van der Waals surface area contributed by atoms with E-state index in [1.54, 1.807) is 30.3 Å². The predicted octanol–water partition coefficient (Wildman–Crippen LogP) is 5.59. The number of hydrogen-bond acceptors (Lipinski definition) is 2. The summed E-state index contributed by atoms with van der Waals surface area (Å²) in [5.41, 5.74) is 1.60. The largest absolute Gasteiger partial charge is 0.486 e. The summed E-state index contributed by atoms with van der Waals surface area (Å²) in [6.07, 6.45) is 0. The average Bonchev–Trinajstić information content (AvgIpc) is 2.41. The van der Waals surface area contributed by atoms with Gasteiger partial charge in [0.15, 0.2) is 0 Å². The molecule has 6 heteroatoms. The standard InChI is InChI=1S/C14H10Br2Cl2O2/c15-11-3-8(6-19)4-12(16)14(11)20-7-9-5-10(17)1-2-13(9)18/h1-5,19H,6-7H2. The lowest BCUT2D eigenvalue weighted by atomic mass is 10.2. The maximum atomic E-state index is 9.14. The van der Waals surface area contributed by atoms with Crippen LogP contribution in [-0.4, -0.2) is 5.11 Å². The molecule has 0 spiro atoms. The fourth-order valence-electron chi connectivity index (χ4n) is 1.65. The van der Waals surface area contributed by atoms with Crippen LogP contribution in [0.2, 0.25) is 10.0 Å². The van der Waals surface area contributed by atoms with Gasteiger partial charge in [0.25, 0.3) is 0 Å². The molecule has 0 unspecified atom stereocenters. The summed E-state index contributed by atoms with van der Waals surface area (Å²) in [5.74, 6) is 0.651. The molecule has 2 aromatic carbocycles. The lowest BCUT2D eigenvalue weighted by molar-refractivity contribution is 0.280. The molecule has 0 aliphatic carbocycles. The van der Waals surface area contributed by atoms with Crippen LogP contribution in [0.3, 0.4) is 0 Å². The Balaban J connectivity index is 2.21. The Bertz CT molecular complexity index is 610. The molecule has 0 fully saturated rings. The van der Waals surface area contributed by atoms with Crippen LogP contribution in [0, 0.1) is 0 Å². The van der Waals surface area contributed by atoms with Crippen LogP contribution in [0.5, 0.6) is 5.75 Å². The van der Waals surface area contributed by atoms with Gasteiger partial charge in [-0.25, -0.2) is 0 Å². The zero-order valence-corrected chi connectivity index (χ0v) is 14.9. The second kappa shape index (κ2) is 7.14. The molecule has 0 aliphatic rings. The zero-order valence-electron chi connectivity index (χ0n) is 10.2. The number of benzene rings is 2. The van der Waals surface area contributed by atoms with Crippen molar-refractivity contribution in [1.29, 1.82) is 0 Å². The normalized spacial score (nSPS) is 10.7. The van der Waals surface area contributed by atoms with E-state index >= 15 is 0 Å². The van der Waals surface area contributed by atoms with Crippen LogP contribution in [0.15, 0.2) is 39.3 Å². The minimum absolute atomic E-state index is 0.0302. The maximum Gasteiger partial charge on any atom is 0.148 e. The summed E-state index contributed by atoms with van der Waals surface area (Å²) in [5, 5.41) is 10.4. The van der Waals surface area contributed by atoms with Gasteiger partial charge < -0.3 is 9.84 Å². The van der Waals surface area contributed by atoms with E-state index in [4.69, 9.17) is 33.0 Å². The van der Waals surface area contributed by atoms with E-state index in [9.17, 15) is 0 Å². The third-order valence-electron chi connectivity index (χ3n) is 2.62. The van der Waals surface area contributed by atoms with Gasteiger partial charge in [-0.05, 0) is 67.8 Å². The van der Waals surface area contributed by atoms with E-state index in [-0.39, 0.29) is 6.61 Å². The van der Waals surface area contributed by atoms with Crippen molar-refractivity contribution in [2.45, 2.75) is 13.2 Å². The van der Waals surface area contributed by atoms with Crippen molar-refractivity contribution < 1.29 is 9.84 Å². The molecular weight excluding hydrogens is 431 g/mol. The van der Waals surface area contributed by atoms with Crippen LogP contribution in [0.25, 0.3) is 0 Å². The minimum Gasteiger partial charge on any atom is -0.486 e. The van der Waals surface area contributed by atoms with Gasteiger partial charge in [0.1, 0.15) is 12.4 Å². The molecule has 2 nitrogen and oxygen atoms in total. The number of halogens is 4. The smallest absolute Gasteiger partial charge is 0.148 e. The van der Waals surface area contributed by atoms with Gasteiger partial charge in [-0.1, -0.05) is 23.2 Å². The molecule has 106 valence electrons. The molecule has 2 rings (SSSR count). The van der Waals surface area contributed by atoms with E-state index in [1.165, 1.54) is 0 Å². The molecule has 0 radical (unpaired) electrons. The molecule has 0 amide bonds. The minimum atomic E-state index is -0.0302. The summed E-state index contributed by atoms with van der Waals surface area (Å²) in [4.78, 5) is 0. The molecular formula is C14H10Br2Cl2O2. The SMILES string of the molecule is OCc1cc(Br)c(OCc2cc(Cl)ccc2Cl)c(Br)c1. The van der Waals surface area contributed by atoms with E-state index in [1.807, 2.05) is 0 Å². The lowest BCUT2D eigenvalue weighted by Gasteiger charge is -2.12. The first-order valence-electron chi connectivity index (χ1n) is 5.66. The monoisotopic (exact) mass is 438 g/mol. The molecule has 0 heterocycles. The highest BCUT2D eigenvalue weighted by Gasteiger charge is 2.10. The third kappa shape index (κ3) is 3.89. The quantitative estimate of drug-likeness (QED) is 0.671. The van der Waals surface area contributed by atoms with Gasteiger partial charge >= 0.3 is 0 Å². The third-order valence-corrected chi connectivity index (χ3v) is 4.40. The van der Waals surface area contributed by atoms with Crippen molar-refractivity contribution in [2.75, 3.05) is 0 Å². The second-order valence-corrected chi connectivity index (χ2v) is 6.62. The number of aliphatic hydroxyl groups excluding tert-OH is 1. The van der Waals surface area contributed by atoms with Crippen molar-refractivity contribution >= 4 is 55.1 Å². The Morgan fingerprint density at radius 3 is 2.30 bits per heavy atom. The number of rotatable bonds is 4. The predicted molar refractivity (Wildman–Crippen MR) is 88.6 cm³/mol. The van der Waals surface area contributed by atoms with Gasteiger partial charge in [-0.3, -0.25) is 0 Å². The summed E-state index contributed by atoms with van der Waals surface area (Å²) in [7, 11) is 0. The Morgan fingerprint density at radius 1 is 1.05 bits per heavy atom. The van der Waals surface area contributed by atoms with Gasteiger partial charge in [-0.15, -0.1) is 0 Å². The zero-order chi connectivity index (χ0) is 14.7. The first-order chi connectivity index (χ1) is 9.51. The molecule has 0 aliphatic heterocycles. The van der Waals surface area contributed by atoms with Crippen LogP contribution in [0.4, 0.5) is 0 Å². The van der Waals surface area contributed by atoms with Gasteiger partial charge in [-0.2, -0.15) is 0 Å². The van der Waals surface area contributed by atoms with Crippen molar-refractivity contribution in [3.8, 4) is 5.75 Å². The molecule has 1 N–H and O–H groups in total. The van der Waals surface area contributed by atoms with Crippen LogP contribution < -0.4 is 4.74 Å². The maximum absolute atomic E-state index is 9.14. The van der Waals surface area contributed by atoms with E-state index in [2.05, 4.69) is 31.9 Å². The summed E-state index contributed by atoms with van der Waals surface area (Å²) in [6.45, 7) is 0.271. The lowest BCUT2D eigenvalue weighted by Crippen LogP contribution is -1.98. The molecule has 0 atom stereocenters. The number of aliphatic hydroxyl groups is 1. The van der Waals surface area contributed by atoms with Crippen molar-refractivity contribution in [3.05, 3.63) is 60.4 Å². The second-order valence-electron chi connectivity index (χ2n) is 4.07. The highest BCUT2D eigenvalue weighted by molar-refractivity contribution is 9.11. The molecule has 0 aromatic heterocycles. The average molecular weight is 441 g/mol. The molecule has 0 saturated carbocycles. The van der Waals surface area contributed by atoms with Crippen LogP contribution in [-0.2, 0) is 13.2 Å². The molecule has 0 bridgehead atoms. The summed E-state index contributed by atoms with van der Waals surface area (Å²) in [6, 6.07) is 8.85. The fraction of sp³-hybridized carbons (Fsp3) is 0.143. The summed E-state index contributed by atoms with van der Waals surface area (Å²) >= 11 is 18.9. The van der Waals surface area contributed by atoms with Gasteiger partial charge in [0, 0.05) is 15.6 Å². The first kappa shape index (κ1) is 16.1. The van der Waals surface area contributed by atoms with E-state index < -0.39 is 0 Å². The van der Waals surface area contributed by atoms with Gasteiger partial charge in [0.2, 0.25) is 0 Å². The number of ether oxygens (including phenoxy) is 1. The van der Waals surface area contributed by atoms with Crippen molar-refractivity contribution in [3.63, 3.8) is 0 Å². The van der Waals surface area contributed by atoms with Crippen molar-refractivity contribution in [1.82, 2.24) is 0 Å². The molecule has 20 heavy (non-hydrogen) atoms.